The summed E-state index contributed by atoms with van der Waals surface area (Å²) in [6.45, 7) is 12.7. The minimum atomic E-state index is -1.42. The molecule has 1 heterocycles. The lowest BCUT2D eigenvalue weighted by molar-refractivity contribution is -0.254. The first-order valence-electron chi connectivity index (χ1n) is 18.0. The van der Waals surface area contributed by atoms with Crippen LogP contribution in [0.15, 0.2) is 42.5 Å². The van der Waals surface area contributed by atoms with E-state index in [2.05, 4.69) is 12.2 Å². The van der Waals surface area contributed by atoms with Crippen molar-refractivity contribution in [3.05, 3.63) is 70.3 Å². The second-order valence-electron chi connectivity index (χ2n) is 14.6. The van der Waals surface area contributed by atoms with E-state index in [1.54, 1.807) is 26.0 Å². The molecule has 5 atom stereocenters. The van der Waals surface area contributed by atoms with Gasteiger partial charge in [0.15, 0.2) is 18.3 Å². The summed E-state index contributed by atoms with van der Waals surface area (Å²) in [5, 5.41) is 12.0. The van der Waals surface area contributed by atoms with Crippen molar-refractivity contribution in [1.29, 1.82) is 0 Å². The molecule has 1 aliphatic heterocycles. The molecular weight excluding hydrogens is 714 g/mol. The van der Waals surface area contributed by atoms with E-state index in [1.165, 1.54) is 41.7 Å². The third-order valence-electron chi connectivity index (χ3n) is 8.98. The molecular formula is C41H53NO13. The van der Waals surface area contributed by atoms with Crippen LogP contribution in [0.3, 0.4) is 0 Å². The molecule has 0 spiro atoms. The van der Waals surface area contributed by atoms with E-state index in [9.17, 15) is 33.9 Å². The van der Waals surface area contributed by atoms with E-state index in [4.69, 9.17) is 28.4 Å². The summed E-state index contributed by atoms with van der Waals surface area (Å²) < 4.78 is 34.5. The van der Waals surface area contributed by atoms with Crippen LogP contribution in [-0.2, 0) is 65.3 Å². The molecule has 0 aromatic heterocycles. The maximum absolute atomic E-state index is 12.9. The molecule has 3 rings (SSSR count). The number of aliphatic carboxylic acids is 1. The Kier molecular flexibility index (Phi) is 15.2. The van der Waals surface area contributed by atoms with Crippen LogP contribution in [0.5, 0.6) is 5.75 Å². The lowest BCUT2D eigenvalue weighted by Gasteiger charge is -2.45. The van der Waals surface area contributed by atoms with Crippen LogP contribution >= 0.6 is 0 Å². The van der Waals surface area contributed by atoms with Gasteiger partial charge in [-0.1, -0.05) is 49.8 Å². The number of amides is 1. The highest BCUT2D eigenvalue weighted by Crippen LogP contribution is 2.42. The zero-order valence-corrected chi connectivity index (χ0v) is 33.2. The summed E-state index contributed by atoms with van der Waals surface area (Å²) >= 11 is 0. The van der Waals surface area contributed by atoms with Gasteiger partial charge in [-0.3, -0.25) is 24.0 Å². The van der Waals surface area contributed by atoms with Gasteiger partial charge >= 0.3 is 29.8 Å². The highest BCUT2D eigenvalue weighted by molar-refractivity contribution is 5.90. The van der Waals surface area contributed by atoms with Gasteiger partial charge in [-0.25, -0.2) is 4.79 Å². The predicted octanol–water partition coefficient (Wildman–Crippen LogP) is 5.06. The molecule has 1 amide bonds. The van der Waals surface area contributed by atoms with Crippen molar-refractivity contribution in [2.75, 3.05) is 13.7 Å². The summed E-state index contributed by atoms with van der Waals surface area (Å²) in [5.74, 6) is -3.94. The van der Waals surface area contributed by atoms with E-state index in [0.29, 0.717) is 24.2 Å². The average molecular weight is 768 g/mol. The molecule has 14 nitrogen and oxygen atoms in total. The average Bonchev–Trinajstić information content (AvgIpc) is 3.08. The van der Waals surface area contributed by atoms with Crippen LogP contribution in [0.4, 0.5) is 0 Å². The quantitative estimate of drug-likeness (QED) is 0.171. The van der Waals surface area contributed by atoms with Gasteiger partial charge in [0.2, 0.25) is 5.91 Å². The Morgan fingerprint density at radius 1 is 0.818 bits per heavy atom. The lowest BCUT2D eigenvalue weighted by Crippen LogP contribution is -2.59. The van der Waals surface area contributed by atoms with Gasteiger partial charge in [-0.05, 0) is 74.9 Å². The minimum Gasteiger partial charge on any atom is -0.496 e. The molecule has 0 aliphatic carbocycles. The maximum atomic E-state index is 12.9. The standard InChI is InChI=1S/C41H53NO13/c1-11-12-29-21-32(50-10)31(34-36(53-25(4)45)37(54-26(5)46)35(52-24(3)44)33(55-34)22-51-23(2)43)20-30(29)19-28-15-13-27(14-16-28)17-18-40(6,7)38(47)42-41(8,9)39(48)49/h13-18,20-21,33-37H,11-12,19,22H2,1-10H3,(H,42,47)(H,48,49)/b18-17+/t33-,34+,35-,36+,37+/m1/s1. The largest absolute Gasteiger partial charge is 0.496 e. The molecule has 300 valence electrons. The Morgan fingerprint density at radius 3 is 1.93 bits per heavy atom. The molecule has 1 saturated heterocycles. The Bertz CT molecular complexity index is 1760. The van der Waals surface area contributed by atoms with Crippen molar-refractivity contribution in [1.82, 2.24) is 5.32 Å². The normalized spacial score (nSPS) is 19.9. The third kappa shape index (κ3) is 12.1. The Morgan fingerprint density at radius 2 is 1.40 bits per heavy atom. The first-order chi connectivity index (χ1) is 25.7. The van der Waals surface area contributed by atoms with Crippen molar-refractivity contribution < 1.29 is 62.3 Å². The topological polar surface area (TPSA) is 190 Å². The van der Waals surface area contributed by atoms with Gasteiger partial charge in [-0.15, -0.1) is 0 Å². The van der Waals surface area contributed by atoms with E-state index in [1.807, 2.05) is 36.4 Å². The molecule has 14 heteroatoms. The third-order valence-corrected chi connectivity index (χ3v) is 8.98. The van der Waals surface area contributed by atoms with Crippen molar-refractivity contribution >= 4 is 41.8 Å². The first kappa shape index (κ1) is 44.2. The summed E-state index contributed by atoms with van der Waals surface area (Å²) in [6.07, 6.45) is -0.661. The number of aryl methyl sites for hydroxylation is 1. The van der Waals surface area contributed by atoms with E-state index in [0.717, 1.165) is 35.6 Å². The molecule has 1 fully saturated rings. The molecule has 0 bridgehead atoms. The summed E-state index contributed by atoms with van der Waals surface area (Å²) in [5.41, 5.74) is 1.73. The van der Waals surface area contributed by atoms with Crippen LogP contribution in [0.1, 0.15) is 103 Å². The number of esters is 4. The minimum absolute atomic E-state index is 0.361. The monoisotopic (exact) mass is 767 g/mol. The number of benzene rings is 2. The molecule has 0 radical (unpaired) electrons. The fourth-order valence-electron chi connectivity index (χ4n) is 6.08. The fourth-order valence-corrected chi connectivity index (χ4v) is 6.08. The number of carboxylic acids is 1. The maximum Gasteiger partial charge on any atom is 0.328 e. The highest BCUT2D eigenvalue weighted by Gasteiger charge is 2.53. The van der Waals surface area contributed by atoms with Gasteiger partial charge in [0.25, 0.3) is 0 Å². The van der Waals surface area contributed by atoms with Crippen LogP contribution < -0.4 is 10.1 Å². The number of methoxy groups -OCH3 is 1. The highest BCUT2D eigenvalue weighted by atomic mass is 16.7. The zero-order valence-electron chi connectivity index (χ0n) is 33.2. The SMILES string of the molecule is CCCc1cc(OC)c([C@@H]2O[C@H](COC(C)=O)[C@@H](OC(C)=O)[C@H](OC(C)=O)[C@H]2OC(C)=O)cc1Cc1ccc(/C=C/C(C)(C)C(=O)NC(C)(C)C(=O)O)cc1. The van der Waals surface area contributed by atoms with Crippen molar-refractivity contribution in [2.24, 2.45) is 5.41 Å². The number of hydrogen-bond acceptors (Lipinski definition) is 12. The van der Waals surface area contributed by atoms with Crippen molar-refractivity contribution in [2.45, 2.75) is 118 Å². The number of ether oxygens (including phenoxy) is 6. The smallest absolute Gasteiger partial charge is 0.328 e. The molecule has 0 saturated carbocycles. The Hall–Kier alpha value is -5.24. The van der Waals surface area contributed by atoms with Crippen LogP contribution in [0.25, 0.3) is 6.08 Å². The second-order valence-corrected chi connectivity index (χ2v) is 14.6. The molecule has 0 unspecified atom stereocenters. The number of nitrogens with one attached hydrogen (secondary N) is 1. The van der Waals surface area contributed by atoms with Crippen LogP contribution in [-0.4, -0.2) is 84.5 Å². The van der Waals surface area contributed by atoms with Crippen molar-refractivity contribution in [3.63, 3.8) is 0 Å². The van der Waals surface area contributed by atoms with Gasteiger partial charge in [0.1, 0.15) is 30.1 Å². The van der Waals surface area contributed by atoms with E-state index >= 15 is 0 Å². The Labute approximate surface area is 321 Å². The van der Waals surface area contributed by atoms with Crippen LogP contribution in [0.2, 0.25) is 0 Å². The number of rotatable bonds is 16. The molecule has 2 N–H and O–H groups in total. The molecule has 1 aliphatic rings. The predicted molar refractivity (Wildman–Crippen MR) is 200 cm³/mol. The second kappa shape index (κ2) is 18.9. The van der Waals surface area contributed by atoms with E-state index in [-0.39, 0.29) is 6.61 Å². The molecule has 2 aromatic carbocycles. The zero-order chi connectivity index (χ0) is 41.2. The number of carbonyl (C=O) groups is 6. The molecule has 2 aromatic rings. The van der Waals surface area contributed by atoms with Gasteiger partial charge < -0.3 is 38.8 Å². The number of hydrogen-bond donors (Lipinski definition) is 2. The molecule has 55 heavy (non-hydrogen) atoms. The summed E-state index contributed by atoms with van der Waals surface area (Å²) in [6, 6.07) is 11.5. The summed E-state index contributed by atoms with van der Waals surface area (Å²) in [4.78, 5) is 73.4. The fraction of sp³-hybridized carbons (Fsp3) is 0.512. The van der Waals surface area contributed by atoms with E-state index < -0.39 is 77.2 Å². The van der Waals surface area contributed by atoms with Gasteiger partial charge in [0, 0.05) is 33.3 Å². The van der Waals surface area contributed by atoms with Crippen molar-refractivity contribution in [3.8, 4) is 5.75 Å². The van der Waals surface area contributed by atoms with Gasteiger partial charge in [0.05, 0.1) is 12.5 Å². The number of carbonyl (C=O) groups excluding carboxylic acids is 5. The van der Waals surface area contributed by atoms with Crippen LogP contribution in [0, 0.1) is 5.41 Å². The lowest BCUT2D eigenvalue weighted by atomic mass is 9.87. The summed E-state index contributed by atoms with van der Waals surface area (Å²) in [7, 11) is 1.49. The Balaban J connectivity index is 2.06. The number of carboxylic acid groups (broad SMARTS) is 1. The van der Waals surface area contributed by atoms with Gasteiger partial charge in [-0.2, -0.15) is 0 Å². The first-order valence-corrected chi connectivity index (χ1v) is 18.0.